The lowest BCUT2D eigenvalue weighted by Gasteiger charge is -2.32. The number of carbonyl (C=O) groups is 1. The molecule has 0 amide bonds. The van der Waals surface area contributed by atoms with Crippen LogP contribution < -0.4 is 0 Å². The van der Waals surface area contributed by atoms with Gasteiger partial charge in [-0.25, -0.2) is 4.79 Å². The van der Waals surface area contributed by atoms with Crippen LogP contribution in [0.1, 0.15) is 47.0 Å². The van der Waals surface area contributed by atoms with Crippen molar-refractivity contribution in [3.63, 3.8) is 0 Å². The first kappa shape index (κ1) is 11.3. The molecule has 0 aromatic rings. The van der Waals surface area contributed by atoms with E-state index in [1.54, 1.807) is 0 Å². The fourth-order valence-corrected chi connectivity index (χ4v) is 2.28. The van der Waals surface area contributed by atoms with Crippen LogP contribution in [0.3, 0.4) is 0 Å². The van der Waals surface area contributed by atoms with Crippen LogP contribution in [-0.4, -0.2) is 12.6 Å². The van der Waals surface area contributed by atoms with E-state index in [1.807, 2.05) is 13.8 Å². The zero-order chi connectivity index (χ0) is 10.8. The van der Waals surface area contributed by atoms with Gasteiger partial charge in [-0.05, 0) is 38.5 Å². The van der Waals surface area contributed by atoms with Gasteiger partial charge in [0.1, 0.15) is 0 Å². The molecule has 0 fully saturated rings. The SMILES string of the molecule is CCOC(=O)C1=C(C)CCCC1(C)C. The van der Waals surface area contributed by atoms with Crippen LogP contribution in [0.25, 0.3) is 0 Å². The predicted molar refractivity (Wildman–Crippen MR) is 57.0 cm³/mol. The Bertz CT molecular complexity index is 261. The molecule has 2 nitrogen and oxygen atoms in total. The van der Waals surface area contributed by atoms with Crippen LogP contribution >= 0.6 is 0 Å². The molecule has 14 heavy (non-hydrogen) atoms. The molecule has 0 saturated heterocycles. The van der Waals surface area contributed by atoms with Gasteiger partial charge in [0.25, 0.3) is 0 Å². The summed E-state index contributed by atoms with van der Waals surface area (Å²) >= 11 is 0. The summed E-state index contributed by atoms with van der Waals surface area (Å²) in [5.74, 6) is -0.116. The van der Waals surface area contributed by atoms with E-state index in [0.29, 0.717) is 6.61 Å². The van der Waals surface area contributed by atoms with Crippen molar-refractivity contribution in [2.45, 2.75) is 47.0 Å². The van der Waals surface area contributed by atoms with Gasteiger partial charge >= 0.3 is 5.97 Å². The molecular weight excluding hydrogens is 176 g/mol. The molecule has 0 spiro atoms. The second kappa shape index (κ2) is 4.16. The second-order valence-corrected chi connectivity index (χ2v) is 4.61. The van der Waals surface area contributed by atoms with Crippen molar-refractivity contribution in [1.82, 2.24) is 0 Å². The molecule has 1 aliphatic rings. The Labute approximate surface area is 86.3 Å². The van der Waals surface area contributed by atoms with Gasteiger partial charge in [-0.2, -0.15) is 0 Å². The zero-order valence-corrected chi connectivity index (χ0v) is 9.64. The van der Waals surface area contributed by atoms with Gasteiger partial charge < -0.3 is 4.74 Å². The summed E-state index contributed by atoms with van der Waals surface area (Å²) in [7, 11) is 0. The molecule has 80 valence electrons. The first-order valence-electron chi connectivity index (χ1n) is 5.36. The summed E-state index contributed by atoms with van der Waals surface area (Å²) < 4.78 is 5.09. The summed E-state index contributed by atoms with van der Waals surface area (Å²) in [5, 5.41) is 0. The topological polar surface area (TPSA) is 26.3 Å². The Balaban J connectivity index is 2.95. The van der Waals surface area contributed by atoms with E-state index in [2.05, 4.69) is 13.8 Å². The van der Waals surface area contributed by atoms with Crippen LogP contribution in [0.15, 0.2) is 11.1 Å². The number of carbonyl (C=O) groups excluding carboxylic acids is 1. The van der Waals surface area contributed by atoms with Crippen LogP contribution in [0.4, 0.5) is 0 Å². The molecule has 0 heterocycles. The fourth-order valence-electron chi connectivity index (χ4n) is 2.28. The predicted octanol–water partition coefficient (Wildman–Crippen LogP) is 3.08. The van der Waals surface area contributed by atoms with E-state index in [0.717, 1.165) is 18.4 Å². The second-order valence-electron chi connectivity index (χ2n) is 4.61. The van der Waals surface area contributed by atoms with Gasteiger partial charge in [0.15, 0.2) is 0 Å². The highest BCUT2D eigenvalue weighted by molar-refractivity contribution is 5.90. The number of hydrogen-bond donors (Lipinski definition) is 0. The molecule has 0 radical (unpaired) electrons. The van der Waals surface area contributed by atoms with Gasteiger partial charge in [-0.15, -0.1) is 0 Å². The van der Waals surface area contributed by atoms with Crippen molar-refractivity contribution >= 4 is 5.97 Å². The molecular formula is C12H20O2. The molecule has 1 rings (SSSR count). The van der Waals surface area contributed by atoms with E-state index >= 15 is 0 Å². The summed E-state index contributed by atoms with van der Waals surface area (Å²) in [4.78, 5) is 11.7. The fraction of sp³-hybridized carbons (Fsp3) is 0.750. The molecule has 0 aromatic heterocycles. The highest BCUT2D eigenvalue weighted by Gasteiger charge is 2.33. The summed E-state index contributed by atoms with van der Waals surface area (Å²) in [6.45, 7) is 8.62. The maximum Gasteiger partial charge on any atom is 0.334 e. The molecule has 0 bridgehead atoms. The van der Waals surface area contributed by atoms with Gasteiger partial charge in [-0.1, -0.05) is 19.4 Å². The van der Waals surface area contributed by atoms with Crippen molar-refractivity contribution in [3.05, 3.63) is 11.1 Å². The van der Waals surface area contributed by atoms with Crippen molar-refractivity contribution < 1.29 is 9.53 Å². The lowest BCUT2D eigenvalue weighted by molar-refractivity contribution is -0.140. The molecule has 2 heteroatoms. The molecule has 0 N–H and O–H groups in total. The lowest BCUT2D eigenvalue weighted by atomic mass is 9.73. The average Bonchev–Trinajstić information content (AvgIpc) is 2.02. The number of esters is 1. The number of hydrogen-bond acceptors (Lipinski definition) is 2. The quantitative estimate of drug-likeness (QED) is 0.634. The minimum atomic E-state index is -0.116. The Kier molecular flexibility index (Phi) is 3.35. The van der Waals surface area contributed by atoms with E-state index in [1.165, 1.54) is 12.0 Å². The van der Waals surface area contributed by atoms with Gasteiger partial charge in [-0.3, -0.25) is 0 Å². The summed E-state index contributed by atoms with van der Waals surface area (Å²) in [6, 6.07) is 0. The Morgan fingerprint density at radius 1 is 1.50 bits per heavy atom. The Morgan fingerprint density at radius 3 is 2.64 bits per heavy atom. The van der Waals surface area contributed by atoms with Gasteiger partial charge in [0.05, 0.1) is 6.61 Å². The smallest absolute Gasteiger partial charge is 0.334 e. The van der Waals surface area contributed by atoms with Crippen LogP contribution in [0, 0.1) is 5.41 Å². The van der Waals surface area contributed by atoms with E-state index in [4.69, 9.17) is 4.74 Å². The third kappa shape index (κ3) is 2.17. The first-order valence-corrected chi connectivity index (χ1v) is 5.36. The monoisotopic (exact) mass is 196 g/mol. The number of allylic oxidation sites excluding steroid dienone is 1. The maximum atomic E-state index is 11.7. The third-order valence-electron chi connectivity index (χ3n) is 2.94. The van der Waals surface area contributed by atoms with Crippen LogP contribution in [0.2, 0.25) is 0 Å². The van der Waals surface area contributed by atoms with Crippen molar-refractivity contribution in [2.24, 2.45) is 5.41 Å². The highest BCUT2D eigenvalue weighted by atomic mass is 16.5. The zero-order valence-electron chi connectivity index (χ0n) is 9.64. The van der Waals surface area contributed by atoms with E-state index < -0.39 is 0 Å². The highest BCUT2D eigenvalue weighted by Crippen LogP contribution is 2.40. The van der Waals surface area contributed by atoms with Gasteiger partial charge in [0.2, 0.25) is 0 Å². The summed E-state index contributed by atoms with van der Waals surface area (Å²) in [5.41, 5.74) is 2.11. The van der Waals surface area contributed by atoms with Crippen molar-refractivity contribution in [3.8, 4) is 0 Å². The van der Waals surface area contributed by atoms with E-state index in [9.17, 15) is 4.79 Å². The summed E-state index contributed by atoms with van der Waals surface area (Å²) in [6.07, 6.45) is 3.30. The minimum absolute atomic E-state index is 0.00537. The lowest BCUT2D eigenvalue weighted by Crippen LogP contribution is -2.27. The normalized spacial score (nSPS) is 20.9. The minimum Gasteiger partial charge on any atom is -0.463 e. The standard InChI is InChI=1S/C12H20O2/c1-5-14-11(13)10-9(2)7-6-8-12(10,3)4/h5-8H2,1-4H3. The average molecular weight is 196 g/mol. The largest absolute Gasteiger partial charge is 0.463 e. The molecule has 1 aliphatic carbocycles. The maximum absolute atomic E-state index is 11.7. The molecule has 0 unspecified atom stereocenters. The first-order chi connectivity index (χ1) is 6.49. The molecule has 0 atom stereocenters. The Morgan fingerprint density at radius 2 is 2.14 bits per heavy atom. The van der Waals surface area contributed by atoms with Crippen LogP contribution in [0.5, 0.6) is 0 Å². The number of ether oxygens (including phenoxy) is 1. The van der Waals surface area contributed by atoms with Crippen LogP contribution in [-0.2, 0) is 9.53 Å². The number of rotatable bonds is 2. The molecule has 0 saturated carbocycles. The third-order valence-corrected chi connectivity index (χ3v) is 2.94. The van der Waals surface area contributed by atoms with Crippen molar-refractivity contribution in [2.75, 3.05) is 6.61 Å². The van der Waals surface area contributed by atoms with Gasteiger partial charge in [0, 0.05) is 5.57 Å². The molecule has 0 aliphatic heterocycles. The Hall–Kier alpha value is -0.790. The van der Waals surface area contributed by atoms with E-state index in [-0.39, 0.29) is 11.4 Å². The van der Waals surface area contributed by atoms with Crippen molar-refractivity contribution in [1.29, 1.82) is 0 Å². The molecule has 0 aromatic carbocycles.